The average Bonchev–Trinajstić information content (AvgIpc) is 2.77. The van der Waals surface area contributed by atoms with E-state index in [1.54, 1.807) is 0 Å². The van der Waals surface area contributed by atoms with Gasteiger partial charge < -0.3 is 9.80 Å². The van der Waals surface area contributed by atoms with Crippen molar-refractivity contribution in [2.75, 3.05) is 31.1 Å². The first-order valence-electron chi connectivity index (χ1n) is 10.5. The van der Waals surface area contributed by atoms with Crippen LogP contribution in [0.3, 0.4) is 0 Å². The molecule has 1 fully saturated rings. The number of amides is 1. The van der Waals surface area contributed by atoms with E-state index in [4.69, 9.17) is 11.6 Å². The van der Waals surface area contributed by atoms with Crippen molar-refractivity contribution < 1.29 is 9.59 Å². The average molecular weight is 411 g/mol. The highest BCUT2D eigenvalue weighted by Crippen LogP contribution is 2.26. The minimum atomic E-state index is 0.0649. The number of hydrogen-bond donors (Lipinski definition) is 0. The summed E-state index contributed by atoms with van der Waals surface area (Å²) < 4.78 is 0. The van der Waals surface area contributed by atoms with E-state index in [2.05, 4.69) is 11.0 Å². The number of anilines is 1. The standard InChI is InChI=1S/C24H27ClN2O2/c25-21-7-3-4-8-22(21)26-13-15-27(16-14-26)24(29)12-11-23(28)20-10-9-18-5-1-2-6-19(18)17-20/h3-4,7-10,17H,1-2,5-6,11-16H2. The molecule has 1 heterocycles. The van der Waals surface area contributed by atoms with Crippen LogP contribution in [0.5, 0.6) is 0 Å². The van der Waals surface area contributed by atoms with Crippen LogP contribution < -0.4 is 4.90 Å². The molecule has 0 spiro atoms. The summed E-state index contributed by atoms with van der Waals surface area (Å²) in [7, 11) is 0. The minimum Gasteiger partial charge on any atom is -0.367 e. The Kier molecular flexibility index (Phi) is 6.19. The fourth-order valence-electron chi connectivity index (χ4n) is 4.33. The Labute approximate surface area is 177 Å². The number of carbonyl (C=O) groups excluding carboxylic acids is 2. The first-order valence-corrected chi connectivity index (χ1v) is 10.9. The number of aryl methyl sites for hydroxylation is 2. The van der Waals surface area contributed by atoms with E-state index in [1.165, 1.54) is 24.0 Å². The number of hydrogen-bond acceptors (Lipinski definition) is 3. The van der Waals surface area contributed by atoms with E-state index in [1.807, 2.05) is 41.3 Å². The van der Waals surface area contributed by atoms with Gasteiger partial charge in [0.15, 0.2) is 5.78 Å². The summed E-state index contributed by atoms with van der Waals surface area (Å²) in [6, 6.07) is 13.9. The molecule has 0 N–H and O–H groups in total. The van der Waals surface area contributed by atoms with Crippen molar-refractivity contribution >= 4 is 29.0 Å². The van der Waals surface area contributed by atoms with E-state index in [0.29, 0.717) is 13.1 Å². The summed E-state index contributed by atoms with van der Waals surface area (Å²) in [6.07, 6.45) is 5.17. The number of rotatable bonds is 5. The third kappa shape index (κ3) is 4.64. The van der Waals surface area contributed by atoms with Gasteiger partial charge in [-0.2, -0.15) is 0 Å². The normalized spacial score (nSPS) is 16.4. The van der Waals surface area contributed by atoms with Crippen molar-refractivity contribution in [3.05, 3.63) is 64.2 Å². The lowest BCUT2D eigenvalue weighted by Crippen LogP contribution is -2.48. The third-order valence-electron chi connectivity index (χ3n) is 6.06. The molecule has 1 aliphatic heterocycles. The number of ketones is 1. The van der Waals surface area contributed by atoms with Gasteiger partial charge in [-0.05, 0) is 55.0 Å². The van der Waals surface area contributed by atoms with Gasteiger partial charge in [0.25, 0.3) is 0 Å². The SMILES string of the molecule is O=C(CCC(=O)N1CCN(c2ccccc2Cl)CC1)c1ccc2c(c1)CCCC2. The summed E-state index contributed by atoms with van der Waals surface area (Å²) in [4.78, 5) is 29.3. The van der Waals surface area contributed by atoms with E-state index in [9.17, 15) is 9.59 Å². The molecule has 1 aliphatic carbocycles. The van der Waals surface area contributed by atoms with Crippen LogP contribution in [0.25, 0.3) is 0 Å². The van der Waals surface area contributed by atoms with Gasteiger partial charge >= 0.3 is 0 Å². The zero-order valence-corrected chi connectivity index (χ0v) is 17.5. The molecule has 0 atom stereocenters. The van der Waals surface area contributed by atoms with E-state index >= 15 is 0 Å². The van der Waals surface area contributed by atoms with E-state index in [-0.39, 0.29) is 24.5 Å². The van der Waals surface area contributed by atoms with Crippen LogP contribution in [0, 0.1) is 0 Å². The Balaban J connectivity index is 1.28. The van der Waals surface area contributed by atoms with Crippen molar-refractivity contribution in [1.29, 1.82) is 0 Å². The van der Waals surface area contributed by atoms with Gasteiger partial charge in [0.1, 0.15) is 0 Å². The van der Waals surface area contributed by atoms with Crippen LogP contribution >= 0.6 is 11.6 Å². The number of para-hydroxylation sites is 1. The van der Waals surface area contributed by atoms with Gasteiger partial charge in [-0.15, -0.1) is 0 Å². The second-order valence-electron chi connectivity index (χ2n) is 7.93. The third-order valence-corrected chi connectivity index (χ3v) is 6.38. The monoisotopic (exact) mass is 410 g/mol. The molecule has 5 heteroatoms. The molecular formula is C24H27ClN2O2. The van der Waals surface area contributed by atoms with Crippen LogP contribution in [0.2, 0.25) is 5.02 Å². The number of piperazine rings is 1. The first-order chi connectivity index (χ1) is 14.1. The summed E-state index contributed by atoms with van der Waals surface area (Å²) in [5, 5.41) is 0.739. The Hall–Kier alpha value is -2.33. The van der Waals surface area contributed by atoms with Crippen molar-refractivity contribution in [2.45, 2.75) is 38.5 Å². The highest BCUT2D eigenvalue weighted by molar-refractivity contribution is 6.33. The summed E-state index contributed by atoms with van der Waals surface area (Å²) in [6.45, 7) is 2.84. The molecule has 2 aromatic carbocycles. The maximum Gasteiger partial charge on any atom is 0.223 e. The number of benzene rings is 2. The van der Waals surface area contributed by atoms with Gasteiger partial charge in [0.05, 0.1) is 10.7 Å². The zero-order chi connectivity index (χ0) is 20.2. The van der Waals surface area contributed by atoms with Crippen molar-refractivity contribution in [3.8, 4) is 0 Å². The lowest BCUT2D eigenvalue weighted by atomic mass is 9.89. The van der Waals surface area contributed by atoms with Gasteiger partial charge in [-0.25, -0.2) is 0 Å². The molecular weight excluding hydrogens is 384 g/mol. The van der Waals surface area contributed by atoms with Gasteiger partial charge in [-0.1, -0.05) is 35.9 Å². The Morgan fingerprint density at radius 3 is 2.34 bits per heavy atom. The molecule has 4 nitrogen and oxygen atoms in total. The second kappa shape index (κ2) is 9.00. The molecule has 2 aromatic rings. The molecule has 0 radical (unpaired) electrons. The quantitative estimate of drug-likeness (QED) is 0.680. The molecule has 152 valence electrons. The molecule has 0 unspecified atom stereocenters. The fourth-order valence-corrected chi connectivity index (χ4v) is 4.59. The lowest BCUT2D eigenvalue weighted by molar-refractivity contribution is -0.131. The van der Waals surface area contributed by atoms with Crippen molar-refractivity contribution in [2.24, 2.45) is 0 Å². The summed E-state index contributed by atoms with van der Waals surface area (Å²) in [5.41, 5.74) is 4.45. The van der Waals surface area contributed by atoms with Gasteiger partial charge in [0, 0.05) is 44.6 Å². The molecule has 1 amide bonds. The number of fused-ring (bicyclic) bond motifs is 1. The fraction of sp³-hybridized carbons (Fsp3) is 0.417. The van der Waals surface area contributed by atoms with Crippen LogP contribution in [0.15, 0.2) is 42.5 Å². The second-order valence-corrected chi connectivity index (χ2v) is 8.34. The smallest absolute Gasteiger partial charge is 0.223 e. The predicted molar refractivity (Wildman–Crippen MR) is 117 cm³/mol. The van der Waals surface area contributed by atoms with E-state index in [0.717, 1.165) is 42.2 Å². The Bertz CT molecular complexity index is 904. The molecule has 0 aromatic heterocycles. The molecule has 0 saturated carbocycles. The highest BCUT2D eigenvalue weighted by Gasteiger charge is 2.23. The first kappa shape index (κ1) is 20.0. The topological polar surface area (TPSA) is 40.6 Å². The molecule has 2 aliphatic rings. The number of halogens is 1. The molecule has 0 bridgehead atoms. The lowest BCUT2D eigenvalue weighted by Gasteiger charge is -2.36. The zero-order valence-electron chi connectivity index (χ0n) is 16.7. The highest BCUT2D eigenvalue weighted by atomic mass is 35.5. The number of Topliss-reactive ketones (excluding diaryl/α,β-unsaturated/α-hetero) is 1. The van der Waals surface area contributed by atoms with Crippen LogP contribution in [0.4, 0.5) is 5.69 Å². The van der Waals surface area contributed by atoms with Gasteiger partial charge in [0.2, 0.25) is 5.91 Å². The Morgan fingerprint density at radius 1 is 0.862 bits per heavy atom. The van der Waals surface area contributed by atoms with Gasteiger partial charge in [-0.3, -0.25) is 9.59 Å². The van der Waals surface area contributed by atoms with Crippen LogP contribution in [0.1, 0.15) is 47.2 Å². The predicted octanol–water partition coefficient (Wildman–Crippen LogP) is 4.53. The maximum absolute atomic E-state index is 12.6. The molecule has 4 rings (SSSR count). The van der Waals surface area contributed by atoms with Crippen LogP contribution in [-0.2, 0) is 17.6 Å². The van der Waals surface area contributed by atoms with Crippen molar-refractivity contribution in [1.82, 2.24) is 4.90 Å². The maximum atomic E-state index is 12.6. The number of nitrogens with zero attached hydrogens (tertiary/aromatic N) is 2. The van der Waals surface area contributed by atoms with E-state index < -0.39 is 0 Å². The summed E-state index contributed by atoms with van der Waals surface area (Å²) >= 11 is 6.28. The largest absolute Gasteiger partial charge is 0.367 e. The molecule has 1 saturated heterocycles. The summed E-state index contributed by atoms with van der Waals surface area (Å²) in [5.74, 6) is 0.136. The minimum absolute atomic E-state index is 0.0649. The van der Waals surface area contributed by atoms with Crippen molar-refractivity contribution in [3.63, 3.8) is 0 Å². The molecule has 29 heavy (non-hydrogen) atoms. The number of carbonyl (C=O) groups is 2. The van der Waals surface area contributed by atoms with Crippen LogP contribution in [-0.4, -0.2) is 42.8 Å². The Morgan fingerprint density at radius 2 is 1.59 bits per heavy atom.